The zero-order valence-electron chi connectivity index (χ0n) is 11.8. The van der Waals surface area contributed by atoms with E-state index < -0.39 is 0 Å². The first-order valence-electron chi connectivity index (χ1n) is 5.93. The van der Waals surface area contributed by atoms with Gasteiger partial charge < -0.3 is 9.80 Å². The predicted molar refractivity (Wildman–Crippen MR) is 91.1 cm³/mol. The Morgan fingerprint density at radius 1 is 0.778 bits per heavy atom. The van der Waals surface area contributed by atoms with Gasteiger partial charge in [-0.3, -0.25) is 0 Å². The van der Waals surface area contributed by atoms with Gasteiger partial charge in [-0.15, -0.1) is 0 Å². The molecule has 0 N–H and O–H groups in total. The first-order valence-corrected chi connectivity index (χ1v) is 8.72. The van der Waals surface area contributed by atoms with Crippen LogP contribution in [0.4, 0.5) is 0 Å². The van der Waals surface area contributed by atoms with Crippen molar-refractivity contribution in [3.63, 3.8) is 0 Å². The maximum atomic E-state index is 5.37. The Morgan fingerprint density at radius 3 is 1.28 bits per heavy atom. The molecular formula is C11H22N2S4Zn. The zero-order chi connectivity index (χ0) is 13.3. The normalized spacial score (nSPS) is 9.56. The fraction of sp³-hybridized carbons (Fsp3) is 0.818. The van der Waals surface area contributed by atoms with Crippen molar-refractivity contribution < 1.29 is 19.5 Å². The van der Waals surface area contributed by atoms with Crippen LogP contribution in [0.3, 0.4) is 0 Å². The van der Waals surface area contributed by atoms with E-state index in [9.17, 15) is 0 Å². The molecule has 0 aromatic carbocycles. The van der Waals surface area contributed by atoms with E-state index in [1.165, 1.54) is 0 Å². The van der Waals surface area contributed by atoms with Gasteiger partial charge in [0.2, 0.25) is 0 Å². The van der Waals surface area contributed by atoms with Gasteiger partial charge in [-0.25, -0.2) is 0 Å². The first kappa shape index (κ1) is 21.4. The summed E-state index contributed by atoms with van der Waals surface area (Å²) in [4.78, 5) is 4.39. The Balaban J connectivity index is 0. The van der Waals surface area contributed by atoms with Gasteiger partial charge >= 0.3 is 0 Å². The van der Waals surface area contributed by atoms with E-state index in [-0.39, 0.29) is 19.5 Å². The third kappa shape index (κ3) is 8.31. The standard InChI is InChI=1S/C11H22N2S4.Zn/c1-5-12(6-2)10(14)16-9-17-11(15)13(7-3)8-4;/h5-9H2,1-4H3;. The monoisotopic (exact) mass is 374 g/mol. The molecule has 0 aromatic rings. The topological polar surface area (TPSA) is 6.48 Å². The van der Waals surface area contributed by atoms with Crippen molar-refractivity contribution in [3.8, 4) is 0 Å². The van der Waals surface area contributed by atoms with E-state index in [1.54, 1.807) is 23.5 Å². The average Bonchev–Trinajstić information content (AvgIpc) is 2.32. The molecule has 0 saturated heterocycles. The molecule has 7 heteroatoms. The summed E-state index contributed by atoms with van der Waals surface area (Å²) < 4.78 is 1.95. The van der Waals surface area contributed by atoms with Crippen molar-refractivity contribution >= 4 is 56.6 Å². The van der Waals surface area contributed by atoms with Gasteiger partial charge in [0.1, 0.15) is 8.64 Å². The van der Waals surface area contributed by atoms with Crippen molar-refractivity contribution in [2.24, 2.45) is 0 Å². The molecule has 0 aromatic heterocycles. The van der Waals surface area contributed by atoms with E-state index in [2.05, 4.69) is 37.5 Å². The molecule has 0 atom stereocenters. The van der Waals surface area contributed by atoms with E-state index >= 15 is 0 Å². The Kier molecular flexibility index (Phi) is 15.6. The second kappa shape index (κ2) is 13.1. The third-order valence-electron chi connectivity index (χ3n) is 2.41. The van der Waals surface area contributed by atoms with Crippen LogP contribution in [0.5, 0.6) is 0 Å². The van der Waals surface area contributed by atoms with Gasteiger partial charge in [0, 0.05) is 45.7 Å². The summed E-state index contributed by atoms with van der Waals surface area (Å²) >= 11 is 14.1. The number of thiocarbonyl (C=S) groups is 2. The van der Waals surface area contributed by atoms with E-state index in [1.807, 2.05) is 0 Å². The van der Waals surface area contributed by atoms with Gasteiger partial charge in [-0.1, -0.05) is 48.0 Å². The summed E-state index contributed by atoms with van der Waals surface area (Å²) in [5, 5.41) is 0.907. The Morgan fingerprint density at radius 2 is 1.06 bits per heavy atom. The van der Waals surface area contributed by atoms with Gasteiger partial charge in [0.15, 0.2) is 0 Å². The molecule has 0 bridgehead atoms. The SMILES string of the molecule is CCN(CC)C(=S)SCSC(=S)N(CC)CC.[Zn]. The number of hydrogen-bond acceptors (Lipinski definition) is 4. The number of hydrogen-bond donors (Lipinski definition) is 0. The molecular weight excluding hydrogens is 354 g/mol. The second-order valence-electron chi connectivity index (χ2n) is 3.28. The molecule has 0 fully saturated rings. The molecule has 0 aliphatic heterocycles. The quantitative estimate of drug-likeness (QED) is 0.394. The number of rotatable bonds is 6. The molecule has 0 saturated carbocycles. The van der Waals surface area contributed by atoms with Crippen molar-refractivity contribution in [2.45, 2.75) is 27.7 Å². The molecule has 0 unspecified atom stereocenters. The molecule has 0 aliphatic carbocycles. The predicted octanol–water partition coefficient (Wildman–Crippen LogP) is 3.66. The molecule has 0 rings (SSSR count). The maximum Gasteiger partial charge on any atom is 0.137 e. The summed E-state index contributed by atoms with van der Waals surface area (Å²) in [6.07, 6.45) is 0. The Bertz CT molecular complexity index is 219. The molecule has 0 aliphatic rings. The van der Waals surface area contributed by atoms with Gasteiger partial charge in [0.25, 0.3) is 0 Å². The van der Waals surface area contributed by atoms with Crippen LogP contribution < -0.4 is 0 Å². The van der Waals surface area contributed by atoms with E-state index in [0.717, 1.165) is 39.9 Å². The summed E-state index contributed by atoms with van der Waals surface area (Å²) in [6.45, 7) is 12.4. The van der Waals surface area contributed by atoms with Crippen LogP contribution in [0.15, 0.2) is 0 Å². The van der Waals surface area contributed by atoms with Crippen LogP contribution in [-0.4, -0.2) is 49.7 Å². The van der Waals surface area contributed by atoms with Crippen LogP contribution in [0, 0.1) is 0 Å². The maximum absolute atomic E-state index is 5.37. The summed E-state index contributed by atoms with van der Waals surface area (Å²) in [5.41, 5.74) is 0. The van der Waals surface area contributed by atoms with Crippen LogP contribution in [0.2, 0.25) is 0 Å². The Labute approximate surface area is 144 Å². The minimum absolute atomic E-state index is 0. The first-order chi connectivity index (χ1) is 8.10. The average molecular weight is 376 g/mol. The molecule has 0 heterocycles. The van der Waals surface area contributed by atoms with Crippen LogP contribution >= 0.6 is 48.0 Å². The van der Waals surface area contributed by atoms with Crippen molar-refractivity contribution in [1.29, 1.82) is 0 Å². The molecule has 0 radical (unpaired) electrons. The molecule has 2 nitrogen and oxygen atoms in total. The fourth-order valence-corrected chi connectivity index (χ4v) is 4.58. The fourth-order valence-electron chi connectivity index (χ4n) is 1.28. The van der Waals surface area contributed by atoms with Gasteiger partial charge in [-0.2, -0.15) is 0 Å². The van der Waals surface area contributed by atoms with Crippen LogP contribution in [0.25, 0.3) is 0 Å². The van der Waals surface area contributed by atoms with Gasteiger partial charge in [-0.05, 0) is 27.7 Å². The molecule has 18 heavy (non-hydrogen) atoms. The van der Waals surface area contributed by atoms with E-state index in [0.29, 0.717) is 0 Å². The minimum Gasteiger partial charge on any atom is -0.358 e. The minimum atomic E-state index is 0. The number of nitrogens with zero attached hydrogens (tertiary/aromatic N) is 2. The van der Waals surface area contributed by atoms with Crippen molar-refractivity contribution in [3.05, 3.63) is 0 Å². The third-order valence-corrected chi connectivity index (χ3v) is 5.58. The summed E-state index contributed by atoms with van der Waals surface area (Å²) in [7, 11) is 0. The Hall–Kier alpha value is 1.10. The summed E-state index contributed by atoms with van der Waals surface area (Å²) in [5.74, 6) is 0. The van der Waals surface area contributed by atoms with Crippen molar-refractivity contribution in [1.82, 2.24) is 9.80 Å². The van der Waals surface area contributed by atoms with Crippen LogP contribution in [-0.2, 0) is 19.5 Å². The van der Waals surface area contributed by atoms with Gasteiger partial charge in [0.05, 0.1) is 5.08 Å². The number of thioether (sulfide) groups is 2. The van der Waals surface area contributed by atoms with Crippen LogP contribution in [0.1, 0.15) is 27.7 Å². The molecule has 0 spiro atoms. The smallest absolute Gasteiger partial charge is 0.137 e. The largest absolute Gasteiger partial charge is 0.358 e. The zero-order valence-corrected chi connectivity index (χ0v) is 18.0. The molecule has 0 amide bonds. The van der Waals surface area contributed by atoms with E-state index in [4.69, 9.17) is 24.4 Å². The molecule has 102 valence electrons. The second-order valence-corrected chi connectivity index (χ2v) is 6.87. The summed E-state index contributed by atoms with van der Waals surface area (Å²) in [6, 6.07) is 0. The van der Waals surface area contributed by atoms with Crippen molar-refractivity contribution in [2.75, 3.05) is 31.3 Å².